The van der Waals surface area contributed by atoms with Crippen molar-refractivity contribution >= 4 is 17.4 Å². The minimum Gasteiger partial charge on any atom is -0.508 e. The van der Waals surface area contributed by atoms with Crippen molar-refractivity contribution in [2.45, 2.75) is 25.7 Å². The van der Waals surface area contributed by atoms with Gasteiger partial charge in [-0.2, -0.15) is 0 Å². The number of Topliss-reactive ketones (excluding diaryl/α,β-unsaturated/α-hetero) is 1. The lowest BCUT2D eigenvalue weighted by Crippen LogP contribution is -2.47. The summed E-state index contributed by atoms with van der Waals surface area (Å²) in [6.07, 6.45) is 0.953. The molecule has 3 aromatic rings. The van der Waals surface area contributed by atoms with E-state index in [1.54, 1.807) is 24.3 Å². The Morgan fingerprint density at radius 3 is 2.34 bits per heavy atom. The lowest BCUT2D eigenvalue weighted by Gasteiger charge is -2.36. The van der Waals surface area contributed by atoms with E-state index in [1.807, 2.05) is 19.1 Å². The summed E-state index contributed by atoms with van der Waals surface area (Å²) in [6.45, 7) is 4.92. The van der Waals surface area contributed by atoms with Crippen LogP contribution in [-0.2, 0) is 6.42 Å². The molecular formula is C25H25FN4O2. The lowest BCUT2D eigenvalue weighted by atomic mass is 9.81. The summed E-state index contributed by atoms with van der Waals surface area (Å²) in [4.78, 5) is 26.7. The summed E-state index contributed by atoms with van der Waals surface area (Å²) in [6, 6.07) is 13.8. The van der Waals surface area contributed by atoms with Gasteiger partial charge in [-0.1, -0.05) is 18.2 Å². The molecule has 2 aliphatic rings. The zero-order valence-electron chi connectivity index (χ0n) is 18.0. The number of aryl methyl sites for hydroxylation is 1. The molecule has 1 saturated heterocycles. The Kier molecular flexibility index (Phi) is 5.25. The third-order valence-corrected chi connectivity index (χ3v) is 6.43. The average Bonchev–Trinajstić information content (AvgIpc) is 2.79. The molecule has 164 valence electrons. The van der Waals surface area contributed by atoms with Gasteiger partial charge >= 0.3 is 0 Å². The zero-order chi connectivity index (χ0) is 22.2. The molecule has 7 heteroatoms. The number of phenolic OH excluding ortho intramolecular Hbond substituents is 1. The third kappa shape index (κ3) is 3.79. The quantitative estimate of drug-likeness (QED) is 0.678. The number of carbonyl (C=O) groups excluding carboxylic acids is 1. The van der Waals surface area contributed by atoms with Gasteiger partial charge < -0.3 is 14.9 Å². The molecule has 2 aromatic carbocycles. The van der Waals surface area contributed by atoms with Gasteiger partial charge in [-0.15, -0.1) is 0 Å². The molecule has 1 N–H and O–H groups in total. The topological polar surface area (TPSA) is 69.6 Å². The summed E-state index contributed by atoms with van der Waals surface area (Å²) in [5.41, 5.74) is 3.90. The van der Waals surface area contributed by atoms with Gasteiger partial charge in [0.2, 0.25) is 5.95 Å². The Bertz CT molecular complexity index is 1160. The van der Waals surface area contributed by atoms with Crippen LogP contribution in [0.4, 0.5) is 16.0 Å². The van der Waals surface area contributed by atoms with Crippen molar-refractivity contribution < 1.29 is 14.3 Å². The molecule has 1 fully saturated rings. The molecular weight excluding hydrogens is 407 g/mol. The molecule has 6 nitrogen and oxygen atoms in total. The van der Waals surface area contributed by atoms with E-state index in [0.29, 0.717) is 30.0 Å². The van der Waals surface area contributed by atoms with E-state index in [2.05, 4.69) is 14.8 Å². The summed E-state index contributed by atoms with van der Waals surface area (Å²) >= 11 is 0. The summed E-state index contributed by atoms with van der Waals surface area (Å²) in [5.74, 6) is 0.572. The normalized spacial score (nSPS) is 18.6. The van der Waals surface area contributed by atoms with Gasteiger partial charge in [0.15, 0.2) is 5.78 Å². The summed E-state index contributed by atoms with van der Waals surface area (Å²) in [5, 5.41) is 10.3. The van der Waals surface area contributed by atoms with E-state index in [0.717, 1.165) is 43.1 Å². The van der Waals surface area contributed by atoms with Crippen molar-refractivity contribution in [3.05, 3.63) is 76.9 Å². The first-order chi connectivity index (χ1) is 15.5. The number of halogens is 1. The first-order valence-electron chi connectivity index (χ1n) is 10.9. The highest BCUT2D eigenvalue weighted by Crippen LogP contribution is 2.37. The minimum atomic E-state index is -0.234. The number of anilines is 2. The molecule has 0 amide bonds. The SMILES string of the molecule is Cc1nc(N2CCN(c3ccc(F)cc3)CC2)nc2c1C(=O)CC(c1ccccc1O)C2. The number of ketones is 1. The Labute approximate surface area is 186 Å². The number of fused-ring (bicyclic) bond motifs is 1. The Morgan fingerprint density at radius 2 is 1.62 bits per heavy atom. The molecule has 5 rings (SSSR count). The highest BCUT2D eigenvalue weighted by molar-refractivity contribution is 5.99. The third-order valence-electron chi connectivity index (χ3n) is 6.43. The predicted molar refractivity (Wildman–Crippen MR) is 121 cm³/mol. The molecule has 1 aliphatic heterocycles. The van der Waals surface area contributed by atoms with Crippen molar-refractivity contribution in [3.8, 4) is 5.75 Å². The van der Waals surface area contributed by atoms with E-state index in [4.69, 9.17) is 4.98 Å². The van der Waals surface area contributed by atoms with Crippen LogP contribution in [0, 0.1) is 12.7 Å². The highest BCUT2D eigenvalue weighted by atomic mass is 19.1. The fraction of sp³-hybridized carbons (Fsp3) is 0.320. The number of carbonyl (C=O) groups is 1. The van der Waals surface area contributed by atoms with E-state index in [9.17, 15) is 14.3 Å². The number of aromatic hydroxyl groups is 1. The van der Waals surface area contributed by atoms with Crippen LogP contribution in [-0.4, -0.2) is 47.0 Å². The standard InChI is InChI=1S/C25H25FN4O2/c1-16-24-21(14-17(15-23(24)32)20-4-2-3-5-22(20)31)28-25(27-16)30-12-10-29(11-13-30)19-8-6-18(26)7-9-19/h2-9,17,31H,10-15H2,1H3. The molecule has 0 saturated carbocycles. The van der Waals surface area contributed by atoms with Crippen LogP contribution in [0.2, 0.25) is 0 Å². The second kappa shape index (κ2) is 8.22. The van der Waals surface area contributed by atoms with Gasteiger partial charge in [0, 0.05) is 44.2 Å². The Hall–Kier alpha value is -3.48. The van der Waals surface area contributed by atoms with Crippen LogP contribution < -0.4 is 9.80 Å². The Morgan fingerprint density at radius 1 is 0.938 bits per heavy atom. The smallest absolute Gasteiger partial charge is 0.225 e. The first-order valence-corrected chi connectivity index (χ1v) is 10.9. The number of rotatable bonds is 3. The van der Waals surface area contributed by atoms with Crippen LogP contribution in [0.1, 0.15) is 39.6 Å². The fourth-order valence-electron chi connectivity index (χ4n) is 4.77. The molecule has 32 heavy (non-hydrogen) atoms. The van der Waals surface area contributed by atoms with Crippen LogP contribution in [0.25, 0.3) is 0 Å². The first kappa shape index (κ1) is 20.4. The van der Waals surface area contributed by atoms with E-state index in [1.165, 1.54) is 12.1 Å². The van der Waals surface area contributed by atoms with Crippen molar-refractivity contribution in [2.75, 3.05) is 36.0 Å². The van der Waals surface area contributed by atoms with Crippen molar-refractivity contribution in [3.63, 3.8) is 0 Å². The summed E-state index contributed by atoms with van der Waals surface area (Å²) < 4.78 is 13.2. The molecule has 0 bridgehead atoms. The number of para-hydroxylation sites is 1. The molecule has 1 aromatic heterocycles. The Balaban J connectivity index is 1.36. The number of nitrogens with zero attached hydrogens (tertiary/aromatic N) is 4. The number of benzene rings is 2. The van der Waals surface area contributed by atoms with Crippen LogP contribution in [0.3, 0.4) is 0 Å². The molecule has 0 spiro atoms. The number of aromatic nitrogens is 2. The van der Waals surface area contributed by atoms with Crippen LogP contribution in [0.15, 0.2) is 48.5 Å². The van der Waals surface area contributed by atoms with Crippen molar-refractivity contribution in [1.82, 2.24) is 9.97 Å². The molecule has 1 unspecified atom stereocenters. The number of piperazine rings is 1. The molecule has 2 heterocycles. The van der Waals surface area contributed by atoms with Crippen molar-refractivity contribution in [1.29, 1.82) is 0 Å². The highest BCUT2D eigenvalue weighted by Gasteiger charge is 2.32. The van der Waals surface area contributed by atoms with E-state index in [-0.39, 0.29) is 23.3 Å². The maximum absolute atomic E-state index is 13.2. The number of hydrogen-bond acceptors (Lipinski definition) is 6. The molecule has 1 aliphatic carbocycles. The second-order valence-electron chi connectivity index (χ2n) is 8.47. The van der Waals surface area contributed by atoms with Gasteiger partial charge in [-0.3, -0.25) is 4.79 Å². The van der Waals surface area contributed by atoms with Crippen molar-refractivity contribution in [2.24, 2.45) is 0 Å². The summed E-state index contributed by atoms with van der Waals surface area (Å²) in [7, 11) is 0. The zero-order valence-corrected chi connectivity index (χ0v) is 18.0. The lowest BCUT2D eigenvalue weighted by molar-refractivity contribution is 0.0961. The monoisotopic (exact) mass is 432 g/mol. The van der Waals surface area contributed by atoms with Gasteiger partial charge in [-0.25, -0.2) is 14.4 Å². The van der Waals surface area contributed by atoms with Gasteiger partial charge in [0.25, 0.3) is 0 Å². The minimum absolute atomic E-state index is 0.0321. The molecule has 0 radical (unpaired) electrons. The van der Waals surface area contributed by atoms with Gasteiger partial charge in [0.1, 0.15) is 11.6 Å². The largest absolute Gasteiger partial charge is 0.508 e. The van der Waals surface area contributed by atoms with E-state index < -0.39 is 0 Å². The van der Waals surface area contributed by atoms with E-state index >= 15 is 0 Å². The maximum atomic E-state index is 13.2. The molecule has 1 atom stereocenters. The predicted octanol–water partition coefficient (Wildman–Crippen LogP) is 3.87. The average molecular weight is 432 g/mol. The maximum Gasteiger partial charge on any atom is 0.225 e. The fourth-order valence-corrected chi connectivity index (χ4v) is 4.77. The van der Waals surface area contributed by atoms with Crippen LogP contribution in [0.5, 0.6) is 5.75 Å². The second-order valence-corrected chi connectivity index (χ2v) is 8.47. The van der Waals surface area contributed by atoms with Gasteiger partial charge in [-0.05, 0) is 49.2 Å². The number of phenols is 1. The van der Waals surface area contributed by atoms with Gasteiger partial charge in [0.05, 0.1) is 17.0 Å². The van der Waals surface area contributed by atoms with Crippen LogP contribution >= 0.6 is 0 Å². The number of hydrogen-bond donors (Lipinski definition) is 1.